The van der Waals surface area contributed by atoms with Crippen LogP contribution in [0.4, 0.5) is 0 Å². The molecule has 1 aliphatic heterocycles. The Bertz CT molecular complexity index is 670. The molecule has 0 bridgehead atoms. The molecular weight excluding hydrogens is 314 g/mol. The normalized spacial score (nSPS) is 20.6. The Morgan fingerprint density at radius 1 is 1.26 bits per heavy atom. The predicted molar refractivity (Wildman–Crippen MR) is 88.1 cm³/mol. The maximum Gasteiger partial charge on any atom is 0.226 e. The second-order valence-corrected chi connectivity index (χ2v) is 8.73. The predicted octanol–water partition coefficient (Wildman–Crippen LogP) is 1.19. The molecule has 0 N–H and O–H groups in total. The summed E-state index contributed by atoms with van der Waals surface area (Å²) in [6.45, 7) is 1.56. The highest BCUT2D eigenvalue weighted by Crippen LogP contribution is 2.32. The van der Waals surface area contributed by atoms with Crippen molar-refractivity contribution in [2.24, 2.45) is 13.0 Å². The lowest BCUT2D eigenvalue weighted by Gasteiger charge is -2.33. The molecule has 2 fully saturated rings. The first-order chi connectivity index (χ1) is 10.9. The third-order valence-corrected chi connectivity index (χ3v) is 6.23. The topological polar surface area (TPSA) is 62.6 Å². The van der Waals surface area contributed by atoms with E-state index in [2.05, 4.69) is 10.6 Å². The van der Waals surface area contributed by atoms with Crippen molar-refractivity contribution >= 4 is 15.9 Å². The summed E-state index contributed by atoms with van der Waals surface area (Å²) in [5, 5.41) is 0. The van der Waals surface area contributed by atoms with Gasteiger partial charge >= 0.3 is 0 Å². The van der Waals surface area contributed by atoms with E-state index in [-0.39, 0.29) is 11.8 Å². The molecule has 2 aliphatic rings. The number of piperidine rings is 1. The van der Waals surface area contributed by atoms with Crippen LogP contribution in [0.2, 0.25) is 0 Å². The zero-order chi connectivity index (χ0) is 16.6. The molecule has 1 saturated heterocycles. The highest BCUT2D eigenvalue weighted by atomic mass is 32.2. The van der Waals surface area contributed by atoms with Crippen molar-refractivity contribution in [3.05, 3.63) is 24.0 Å². The maximum absolute atomic E-state index is 12.9. The van der Waals surface area contributed by atoms with Gasteiger partial charge in [-0.1, -0.05) is 0 Å². The van der Waals surface area contributed by atoms with Crippen LogP contribution in [0.3, 0.4) is 0 Å². The molecule has 23 heavy (non-hydrogen) atoms. The van der Waals surface area contributed by atoms with Gasteiger partial charge in [-0.2, -0.15) is 0 Å². The Hall–Kier alpha value is -1.34. The lowest BCUT2D eigenvalue weighted by atomic mass is 9.96. The number of aromatic nitrogens is 1. The molecule has 1 aromatic heterocycles. The van der Waals surface area contributed by atoms with Crippen molar-refractivity contribution in [2.45, 2.75) is 38.3 Å². The van der Waals surface area contributed by atoms with E-state index in [4.69, 9.17) is 0 Å². The van der Waals surface area contributed by atoms with Crippen LogP contribution in [-0.4, -0.2) is 53.5 Å². The molecule has 0 spiro atoms. The van der Waals surface area contributed by atoms with Crippen LogP contribution in [0.15, 0.2) is 18.3 Å². The molecule has 1 aliphatic carbocycles. The van der Waals surface area contributed by atoms with Crippen molar-refractivity contribution in [3.8, 4) is 0 Å². The van der Waals surface area contributed by atoms with Gasteiger partial charge in [0.2, 0.25) is 15.9 Å². The molecule has 0 atom stereocenters. The van der Waals surface area contributed by atoms with Crippen molar-refractivity contribution in [1.82, 2.24) is 13.8 Å². The molecule has 1 aromatic rings. The van der Waals surface area contributed by atoms with E-state index >= 15 is 0 Å². The van der Waals surface area contributed by atoms with Gasteiger partial charge in [0, 0.05) is 44.0 Å². The SMILES string of the molecule is Cn1cccc1CN(C(=O)C1CCN(S(C)(=O)=O)CC1)C1CC1. The molecule has 0 radical (unpaired) electrons. The van der Waals surface area contributed by atoms with E-state index in [0.29, 0.717) is 38.5 Å². The Morgan fingerprint density at radius 3 is 2.39 bits per heavy atom. The summed E-state index contributed by atoms with van der Waals surface area (Å²) in [5.74, 6) is 0.149. The van der Waals surface area contributed by atoms with Crippen LogP contribution < -0.4 is 0 Å². The molecule has 7 heteroatoms. The van der Waals surface area contributed by atoms with Crippen molar-refractivity contribution in [2.75, 3.05) is 19.3 Å². The van der Waals surface area contributed by atoms with Crippen LogP contribution in [0.25, 0.3) is 0 Å². The average molecular weight is 339 g/mol. The largest absolute Gasteiger partial charge is 0.353 e. The third-order valence-electron chi connectivity index (χ3n) is 4.93. The van der Waals surface area contributed by atoms with Crippen LogP contribution in [0.1, 0.15) is 31.4 Å². The lowest BCUT2D eigenvalue weighted by molar-refractivity contribution is -0.138. The fraction of sp³-hybridized carbons (Fsp3) is 0.688. The number of amides is 1. The number of hydrogen-bond donors (Lipinski definition) is 0. The fourth-order valence-corrected chi connectivity index (χ4v) is 4.15. The summed E-state index contributed by atoms with van der Waals surface area (Å²) in [4.78, 5) is 14.9. The Labute approximate surface area is 138 Å². The molecular formula is C16H25N3O3S. The second kappa shape index (κ2) is 6.28. The van der Waals surface area contributed by atoms with E-state index in [1.54, 1.807) is 0 Å². The van der Waals surface area contributed by atoms with Gasteiger partial charge in [-0.25, -0.2) is 12.7 Å². The van der Waals surface area contributed by atoms with E-state index in [0.717, 1.165) is 18.5 Å². The monoisotopic (exact) mass is 339 g/mol. The number of hydrogen-bond acceptors (Lipinski definition) is 3. The number of carbonyl (C=O) groups excluding carboxylic acids is 1. The summed E-state index contributed by atoms with van der Waals surface area (Å²) >= 11 is 0. The van der Waals surface area contributed by atoms with Crippen LogP contribution in [0, 0.1) is 5.92 Å². The number of rotatable bonds is 5. The molecule has 6 nitrogen and oxygen atoms in total. The maximum atomic E-state index is 12.9. The van der Waals surface area contributed by atoms with Crippen molar-refractivity contribution in [1.29, 1.82) is 0 Å². The molecule has 0 aromatic carbocycles. The standard InChI is InChI=1S/C16H25N3O3S/c1-17-9-3-4-15(17)12-19(14-5-6-14)16(20)13-7-10-18(11-8-13)23(2,21)22/h3-4,9,13-14H,5-8,10-12H2,1-2H3. The van der Waals surface area contributed by atoms with Gasteiger partial charge < -0.3 is 9.47 Å². The second-order valence-electron chi connectivity index (χ2n) is 6.74. The first-order valence-corrected chi connectivity index (χ1v) is 10.1. The Morgan fingerprint density at radius 2 is 1.91 bits per heavy atom. The number of nitrogens with zero attached hydrogens (tertiary/aromatic N) is 3. The minimum absolute atomic E-state index is 0.0473. The number of carbonyl (C=O) groups is 1. The van der Waals surface area contributed by atoms with E-state index < -0.39 is 10.0 Å². The van der Waals surface area contributed by atoms with Gasteiger partial charge in [0.1, 0.15) is 0 Å². The summed E-state index contributed by atoms with van der Waals surface area (Å²) in [5.41, 5.74) is 1.14. The minimum Gasteiger partial charge on any atom is -0.353 e. The highest BCUT2D eigenvalue weighted by Gasteiger charge is 2.38. The van der Waals surface area contributed by atoms with Gasteiger partial charge in [0.15, 0.2) is 0 Å². The van der Waals surface area contributed by atoms with Gasteiger partial charge in [-0.3, -0.25) is 4.79 Å². The first kappa shape index (κ1) is 16.5. The fourth-order valence-electron chi connectivity index (χ4n) is 3.28. The van der Waals surface area contributed by atoms with Gasteiger partial charge in [-0.15, -0.1) is 0 Å². The number of sulfonamides is 1. The van der Waals surface area contributed by atoms with E-state index in [1.165, 1.54) is 10.6 Å². The lowest BCUT2D eigenvalue weighted by Crippen LogP contribution is -2.44. The van der Waals surface area contributed by atoms with Gasteiger partial charge in [0.25, 0.3) is 0 Å². The zero-order valence-electron chi connectivity index (χ0n) is 13.8. The Balaban J connectivity index is 1.65. The molecule has 1 saturated carbocycles. The highest BCUT2D eigenvalue weighted by molar-refractivity contribution is 7.88. The smallest absolute Gasteiger partial charge is 0.226 e. The summed E-state index contributed by atoms with van der Waals surface area (Å²) in [6, 6.07) is 4.41. The molecule has 1 amide bonds. The third kappa shape index (κ3) is 3.77. The minimum atomic E-state index is -3.14. The molecule has 128 valence electrons. The number of aryl methyl sites for hydroxylation is 1. The van der Waals surface area contributed by atoms with E-state index in [9.17, 15) is 13.2 Å². The van der Waals surface area contributed by atoms with Crippen molar-refractivity contribution < 1.29 is 13.2 Å². The Kier molecular flexibility index (Phi) is 4.51. The first-order valence-electron chi connectivity index (χ1n) is 8.22. The van der Waals surface area contributed by atoms with Crippen LogP contribution in [0.5, 0.6) is 0 Å². The van der Waals surface area contributed by atoms with Crippen molar-refractivity contribution in [3.63, 3.8) is 0 Å². The average Bonchev–Trinajstić information content (AvgIpc) is 3.27. The molecule has 3 rings (SSSR count). The van der Waals surface area contributed by atoms with Gasteiger partial charge in [0.05, 0.1) is 12.8 Å². The summed E-state index contributed by atoms with van der Waals surface area (Å²) in [6.07, 6.45) is 6.65. The molecule has 2 heterocycles. The quantitative estimate of drug-likeness (QED) is 0.809. The van der Waals surface area contributed by atoms with Crippen LogP contribution in [-0.2, 0) is 28.4 Å². The van der Waals surface area contributed by atoms with Crippen LogP contribution >= 0.6 is 0 Å². The summed E-state index contributed by atoms with van der Waals surface area (Å²) in [7, 11) is -1.15. The van der Waals surface area contributed by atoms with E-state index in [1.807, 2.05) is 24.2 Å². The van der Waals surface area contributed by atoms with Gasteiger partial charge in [-0.05, 0) is 37.8 Å². The zero-order valence-corrected chi connectivity index (χ0v) is 14.6. The molecule has 0 unspecified atom stereocenters. The summed E-state index contributed by atoms with van der Waals surface area (Å²) < 4.78 is 26.7.